The second kappa shape index (κ2) is 9.93. The molecule has 2 aromatic carbocycles. The Morgan fingerprint density at radius 1 is 1.15 bits per heavy atom. The van der Waals surface area contributed by atoms with Gasteiger partial charge in [-0.25, -0.2) is 13.1 Å². The van der Waals surface area contributed by atoms with Crippen molar-refractivity contribution in [1.29, 1.82) is 0 Å². The van der Waals surface area contributed by atoms with E-state index in [1.54, 1.807) is 34.1 Å². The number of hydrogen-bond acceptors (Lipinski definition) is 5. The second-order valence-electron chi connectivity index (χ2n) is 8.56. The number of nitrogens with zero attached hydrogens (tertiary/aromatic N) is 2. The van der Waals surface area contributed by atoms with Crippen molar-refractivity contribution in [2.45, 2.75) is 31.1 Å². The van der Waals surface area contributed by atoms with Gasteiger partial charge in [0, 0.05) is 32.6 Å². The van der Waals surface area contributed by atoms with Crippen molar-refractivity contribution in [2.75, 3.05) is 37.7 Å². The maximum Gasteiger partial charge on any atom is 0.265 e. The third-order valence-electron chi connectivity index (χ3n) is 6.12. The van der Waals surface area contributed by atoms with Crippen LogP contribution in [-0.2, 0) is 19.6 Å². The number of benzene rings is 2. The van der Waals surface area contributed by atoms with Gasteiger partial charge in [-0.15, -0.1) is 0 Å². The molecule has 1 unspecified atom stereocenters. The van der Waals surface area contributed by atoms with E-state index in [1.807, 2.05) is 31.2 Å². The van der Waals surface area contributed by atoms with E-state index < -0.39 is 10.0 Å². The number of piperidine rings is 1. The Morgan fingerprint density at radius 2 is 1.91 bits per heavy atom. The molecule has 1 saturated heterocycles. The number of carbonyl (C=O) groups is 2. The van der Waals surface area contributed by atoms with Crippen LogP contribution >= 0.6 is 0 Å². The number of amides is 2. The van der Waals surface area contributed by atoms with Gasteiger partial charge in [-0.05, 0) is 49.9 Å². The molecular weight excluding hydrogens is 442 g/mol. The zero-order valence-corrected chi connectivity index (χ0v) is 19.5. The number of ether oxygens (including phenoxy) is 1. The Hall–Kier alpha value is -2.91. The zero-order chi connectivity index (χ0) is 23.4. The first-order chi connectivity index (χ1) is 15.8. The third-order valence-corrected chi connectivity index (χ3v) is 7.56. The number of likely N-dealkylation sites (tertiary alicyclic amines) is 1. The number of anilines is 1. The Bertz CT molecular complexity index is 1120. The molecule has 2 aromatic rings. The topological polar surface area (TPSA) is 96.0 Å². The van der Waals surface area contributed by atoms with Crippen LogP contribution in [0.1, 0.15) is 24.8 Å². The van der Waals surface area contributed by atoms with Crippen LogP contribution in [0.5, 0.6) is 5.75 Å². The summed E-state index contributed by atoms with van der Waals surface area (Å²) in [7, 11) is -3.58. The van der Waals surface area contributed by atoms with Crippen LogP contribution in [-0.4, -0.2) is 57.9 Å². The predicted octanol–water partition coefficient (Wildman–Crippen LogP) is 2.33. The van der Waals surface area contributed by atoms with Gasteiger partial charge in [-0.1, -0.05) is 29.8 Å². The van der Waals surface area contributed by atoms with Gasteiger partial charge in [0.2, 0.25) is 15.9 Å². The van der Waals surface area contributed by atoms with E-state index in [4.69, 9.17) is 4.74 Å². The van der Waals surface area contributed by atoms with Crippen LogP contribution in [0.2, 0.25) is 0 Å². The fraction of sp³-hybridized carbons (Fsp3) is 0.417. The summed E-state index contributed by atoms with van der Waals surface area (Å²) in [4.78, 5) is 28.8. The highest BCUT2D eigenvalue weighted by molar-refractivity contribution is 7.89. The summed E-state index contributed by atoms with van der Waals surface area (Å²) in [5, 5.41) is 0. The van der Waals surface area contributed by atoms with Gasteiger partial charge in [-0.2, -0.15) is 0 Å². The number of nitrogens with one attached hydrogen (secondary N) is 1. The van der Waals surface area contributed by atoms with E-state index in [0.717, 1.165) is 18.4 Å². The van der Waals surface area contributed by atoms with Gasteiger partial charge in [0.25, 0.3) is 5.91 Å². The highest BCUT2D eigenvalue weighted by Gasteiger charge is 2.28. The molecule has 2 aliphatic rings. The average molecular weight is 472 g/mol. The lowest BCUT2D eigenvalue weighted by atomic mass is 9.98. The van der Waals surface area contributed by atoms with E-state index >= 15 is 0 Å². The van der Waals surface area contributed by atoms with Crippen LogP contribution in [0, 0.1) is 12.8 Å². The molecule has 2 heterocycles. The minimum atomic E-state index is -3.58. The summed E-state index contributed by atoms with van der Waals surface area (Å²) in [5.41, 5.74) is 1.68. The van der Waals surface area contributed by atoms with Gasteiger partial charge >= 0.3 is 0 Å². The molecule has 0 bridgehead atoms. The molecule has 2 aliphatic heterocycles. The van der Waals surface area contributed by atoms with Gasteiger partial charge in [-0.3, -0.25) is 9.59 Å². The smallest absolute Gasteiger partial charge is 0.265 e. The number of hydrogen-bond donors (Lipinski definition) is 1. The van der Waals surface area contributed by atoms with Gasteiger partial charge < -0.3 is 14.5 Å². The fourth-order valence-corrected chi connectivity index (χ4v) is 5.37. The molecule has 0 saturated carbocycles. The highest BCUT2D eigenvalue weighted by Crippen LogP contribution is 2.31. The molecule has 33 heavy (non-hydrogen) atoms. The second-order valence-corrected chi connectivity index (χ2v) is 10.3. The molecule has 4 rings (SSSR count). The van der Waals surface area contributed by atoms with Crippen LogP contribution in [0.25, 0.3) is 0 Å². The average Bonchev–Trinajstić information content (AvgIpc) is 2.82. The van der Waals surface area contributed by atoms with Crippen LogP contribution < -0.4 is 14.4 Å². The fourth-order valence-electron chi connectivity index (χ4n) is 4.25. The summed E-state index contributed by atoms with van der Waals surface area (Å²) >= 11 is 0. The van der Waals surface area contributed by atoms with Crippen molar-refractivity contribution >= 4 is 27.5 Å². The maximum atomic E-state index is 12.9. The molecule has 0 aromatic heterocycles. The van der Waals surface area contributed by atoms with E-state index in [-0.39, 0.29) is 42.2 Å². The number of fused-ring (bicyclic) bond motifs is 1. The molecule has 0 spiro atoms. The van der Waals surface area contributed by atoms with E-state index in [1.165, 1.54) is 0 Å². The first-order valence-corrected chi connectivity index (χ1v) is 12.7. The molecular formula is C24H29N3O5S. The molecule has 1 fully saturated rings. The van der Waals surface area contributed by atoms with Gasteiger partial charge in [0.1, 0.15) is 5.75 Å². The van der Waals surface area contributed by atoms with Crippen LogP contribution in [0.4, 0.5) is 5.69 Å². The first-order valence-electron chi connectivity index (χ1n) is 11.2. The van der Waals surface area contributed by atoms with Crippen molar-refractivity contribution in [3.8, 4) is 5.75 Å². The molecule has 0 radical (unpaired) electrons. The lowest BCUT2D eigenvalue weighted by Crippen LogP contribution is -2.45. The summed E-state index contributed by atoms with van der Waals surface area (Å²) in [6, 6.07) is 14.0. The van der Waals surface area contributed by atoms with Gasteiger partial charge in [0.05, 0.1) is 10.6 Å². The lowest BCUT2D eigenvalue weighted by molar-refractivity contribution is -0.132. The van der Waals surface area contributed by atoms with Crippen molar-refractivity contribution in [3.05, 3.63) is 54.1 Å². The molecule has 1 atom stereocenters. The minimum Gasteiger partial charge on any atom is -0.482 e. The molecule has 1 N–H and O–H groups in total. The zero-order valence-electron chi connectivity index (χ0n) is 18.7. The van der Waals surface area contributed by atoms with Gasteiger partial charge in [0.15, 0.2) is 6.61 Å². The molecule has 0 aliphatic carbocycles. The summed E-state index contributed by atoms with van der Waals surface area (Å²) in [6.07, 6.45) is 1.89. The molecule has 8 nitrogen and oxygen atoms in total. The number of para-hydroxylation sites is 2. The summed E-state index contributed by atoms with van der Waals surface area (Å²) < 4.78 is 33.3. The van der Waals surface area contributed by atoms with Crippen molar-refractivity contribution in [1.82, 2.24) is 9.62 Å². The van der Waals surface area contributed by atoms with E-state index in [9.17, 15) is 18.0 Å². The van der Waals surface area contributed by atoms with Crippen molar-refractivity contribution < 1.29 is 22.7 Å². The lowest BCUT2D eigenvalue weighted by Gasteiger charge is -2.34. The SMILES string of the molecule is Cc1ccc(S(=O)(=O)NCC2CCCN(C(=O)CCN3C(=O)COc4ccccc43)C2)cc1. The first kappa shape index (κ1) is 23.3. The van der Waals surface area contributed by atoms with Crippen molar-refractivity contribution in [3.63, 3.8) is 0 Å². The summed E-state index contributed by atoms with van der Waals surface area (Å²) in [5.74, 6) is 0.499. The van der Waals surface area contributed by atoms with E-state index in [2.05, 4.69) is 4.72 Å². The maximum absolute atomic E-state index is 12.9. The monoisotopic (exact) mass is 471 g/mol. The van der Waals surface area contributed by atoms with Crippen LogP contribution in [0.15, 0.2) is 53.4 Å². The molecule has 176 valence electrons. The Balaban J connectivity index is 1.31. The summed E-state index contributed by atoms with van der Waals surface area (Å²) in [6.45, 7) is 3.61. The largest absolute Gasteiger partial charge is 0.482 e. The quantitative estimate of drug-likeness (QED) is 0.669. The van der Waals surface area contributed by atoms with Crippen LogP contribution in [0.3, 0.4) is 0 Å². The Labute approximate surface area is 194 Å². The number of aryl methyl sites for hydroxylation is 1. The Morgan fingerprint density at radius 3 is 2.70 bits per heavy atom. The third kappa shape index (κ3) is 5.54. The molecule has 9 heteroatoms. The highest BCUT2D eigenvalue weighted by atomic mass is 32.2. The standard InChI is InChI=1S/C24H29N3O5S/c1-18-8-10-20(11-9-18)33(30,31)25-15-19-5-4-13-26(16-19)23(28)12-14-27-21-6-2-3-7-22(21)32-17-24(27)29/h2-3,6-11,19,25H,4-5,12-17H2,1H3. The normalized spacial score (nSPS) is 18.6. The number of sulfonamides is 1. The van der Waals surface area contributed by atoms with Crippen molar-refractivity contribution in [2.24, 2.45) is 5.92 Å². The minimum absolute atomic E-state index is 0.0296. The number of carbonyl (C=O) groups excluding carboxylic acids is 2. The van der Waals surface area contributed by atoms with E-state index in [0.29, 0.717) is 31.1 Å². The predicted molar refractivity (Wildman–Crippen MR) is 125 cm³/mol. The Kier molecular flexibility index (Phi) is 6.99. The molecule has 2 amide bonds. The number of rotatable bonds is 7.